The molecule has 19 heavy (non-hydrogen) atoms. The molecule has 1 aliphatic rings. The summed E-state index contributed by atoms with van der Waals surface area (Å²) in [5.74, 6) is 1.65. The van der Waals surface area contributed by atoms with Crippen LogP contribution in [0.3, 0.4) is 0 Å². The van der Waals surface area contributed by atoms with Crippen molar-refractivity contribution in [1.29, 1.82) is 0 Å². The molecule has 0 fully saturated rings. The highest BCUT2D eigenvalue weighted by Gasteiger charge is 2.13. The Hall–Kier alpha value is -2.22. The number of hydrogen-bond donors (Lipinski definition) is 0. The topological polar surface area (TPSA) is 18.5 Å². The summed E-state index contributed by atoms with van der Waals surface area (Å²) < 4.78 is 11.2. The molecular formula is C17H16O2. The van der Waals surface area contributed by atoms with Gasteiger partial charge in [-0.2, -0.15) is 0 Å². The normalized spacial score (nSPS) is 13.1. The third-order valence-electron chi connectivity index (χ3n) is 3.35. The van der Waals surface area contributed by atoms with E-state index in [1.165, 1.54) is 11.1 Å². The Balaban J connectivity index is 2.09. The summed E-state index contributed by atoms with van der Waals surface area (Å²) in [5, 5.41) is 0. The quantitative estimate of drug-likeness (QED) is 0.802. The second-order valence-electron chi connectivity index (χ2n) is 4.64. The van der Waals surface area contributed by atoms with E-state index in [0.717, 1.165) is 22.6 Å². The van der Waals surface area contributed by atoms with Gasteiger partial charge < -0.3 is 9.47 Å². The molecule has 2 aromatic rings. The van der Waals surface area contributed by atoms with Gasteiger partial charge >= 0.3 is 0 Å². The van der Waals surface area contributed by atoms with E-state index in [4.69, 9.17) is 9.47 Å². The van der Waals surface area contributed by atoms with E-state index in [1.54, 1.807) is 0 Å². The van der Waals surface area contributed by atoms with E-state index < -0.39 is 0 Å². The lowest BCUT2D eigenvalue weighted by Crippen LogP contribution is -2.15. The Morgan fingerprint density at radius 1 is 1.00 bits per heavy atom. The maximum atomic E-state index is 5.64. The number of ether oxygens (including phenoxy) is 2. The van der Waals surface area contributed by atoms with Crippen molar-refractivity contribution < 1.29 is 9.47 Å². The highest BCUT2D eigenvalue weighted by atomic mass is 16.6. The third kappa shape index (κ3) is 2.22. The van der Waals surface area contributed by atoms with Crippen molar-refractivity contribution in [2.75, 3.05) is 13.2 Å². The largest absolute Gasteiger partial charge is 0.486 e. The van der Waals surface area contributed by atoms with Crippen LogP contribution in [-0.2, 0) is 0 Å². The number of aryl methyl sites for hydroxylation is 1. The van der Waals surface area contributed by atoms with Crippen LogP contribution >= 0.6 is 0 Å². The highest BCUT2D eigenvalue weighted by Crippen LogP contribution is 2.35. The Bertz CT molecular complexity index is 629. The van der Waals surface area contributed by atoms with Crippen LogP contribution in [0.1, 0.15) is 11.1 Å². The average Bonchev–Trinajstić information content (AvgIpc) is 2.47. The van der Waals surface area contributed by atoms with Gasteiger partial charge in [-0.15, -0.1) is 0 Å². The van der Waals surface area contributed by atoms with Crippen LogP contribution in [0.5, 0.6) is 11.5 Å². The van der Waals surface area contributed by atoms with Gasteiger partial charge in [0.15, 0.2) is 11.5 Å². The molecular weight excluding hydrogens is 236 g/mol. The van der Waals surface area contributed by atoms with Crippen molar-refractivity contribution in [2.45, 2.75) is 6.92 Å². The summed E-state index contributed by atoms with van der Waals surface area (Å²) in [7, 11) is 0. The lowest BCUT2D eigenvalue weighted by atomic mass is 9.97. The minimum atomic E-state index is 0.613. The summed E-state index contributed by atoms with van der Waals surface area (Å²) in [6.45, 7) is 7.17. The fourth-order valence-electron chi connectivity index (χ4n) is 2.29. The highest BCUT2D eigenvalue weighted by molar-refractivity contribution is 5.72. The molecule has 2 aromatic carbocycles. The van der Waals surface area contributed by atoms with Gasteiger partial charge in [-0.05, 0) is 47.4 Å². The zero-order valence-electron chi connectivity index (χ0n) is 11.0. The molecule has 3 rings (SSSR count). The molecule has 1 heterocycles. The molecule has 0 amide bonds. The maximum absolute atomic E-state index is 5.64. The van der Waals surface area contributed by atoms with Gasteiger partial charge in [-0.25, -0.2) is 0 Å². The molecule has 1 aliphatic heterocycles. The van der Waals surface area contributed by atoms with E-state index in [-0.39, 0.29) is 0 Å². The van der Waals surface area contributed by atoms with Crippen molar-refractivity contribution in [3.05, 3.63) is 54.1 Å². The first-order chi connectivity index (χ1) is 9.28. The van der Waals surface area contributed by atoms with Gasteiger partial charge in [0.1, 0.15) is 13.2 Å². The molecule has 0 unspecified atom stereocenters. The summed E-state index contributed by atoms with van der Waals surface area (Å²) in [6, 6.07) is 12.4. The van der Waals surface area contributed by atoms with Crippen LogP contribution in [0, 0.1) is 6.92 Å². The lowest BCUT2D eigenvalue weighted by molar-refractivity contribution is 0.171. The van der Waals surface area contributed by atoms with Gasteiger partial charge in [-0.3, -0.25) is 0 Å². The molecule has 2 heteroatoms. The number of fused-ring (bicyclic) bond motifs is 1. The van der Waals surface area contributed by atoms with E-state index in [9.17, 15) is 0 Å². The number of benzene rings is 2. The monoisotopic (exact) mass is 252 g/mol. The van der Waals surface area contributed by atoms with Gasteiger partial charge in [0.05, 0.1) is 0 Å². The van der Waals surface area contributed by atoms with Crippen LogP contribution < -0.4 is 9.47 Å². The van der Waals surface area contributed by atoms with Gasteiger partial charge in [0, 0.05) is 0 Å². The zero-order valence-corrected chi connectivity index (χ0v) is 11.0. The van der Waals surface area contributed by atoms with E-state index in [2.05, 4.69) is 37.8 Å². The minimum absolute atomic E-state index is 0.613. The molecule has 0 saturated heterocycles. The summed E-state index contributed by atoms with van der Waals surface area (Å²) in [5.41, 5.74) is 4.71. The fraction of sp³-hybridized carbons (Fsp3) is 0.176. The maximum Gasteiger partial charge on any atom is 0.161 e. The van der Waals surface area contributed by atoms with Crippen molar-refractivity contribution in [3.8, 4) is 22.6 Å². The first-order valence-corrected chi connectivity index (χ1v) is 6.41. The predicted octanol–water partition coefficient (Wildman–Crippen LogP) is 4.08. The van der Waals surface area contributed by atoms with Crippen molar-refractivity contribution >= 4 is 6.08 Å². The molecule has 0 spiro atoms. The van der Waals surface area contributed by atoms with Crippen LogP contribution in [0.25, 0.3) is 17.2 Å². The van der Waals surface area contributed by atoms with E-state index in [0.29, 0.717) is 13.2 Å². The molecule has 2 nitrogen and oxygen atoms in total. The van der Waals surface area contributed by atoms with Gasteiger partial charge in [0.25, 0.3) is 0 Å². The third-order valence-corrected chi connectivity index (χ3v) is 3.35. The van der Waals surface area contributed by atoms with Crippen LogP contribution in [0.15, 0.2) is 43.0 Å². The van der Waals surface area contributed by atoms with Gasteiger partial charge in [0.2, 0.25) is 0 Å². The molecule has 0 aromatic heterocycles. The van der Waals surface area contributed by atoms with E-state index >= 15 is 0 Å². The number of rotatable bonds is 2. The Morgan fingerprint density at radius 3 is 2.58 bits per heavy atom. The van der Waals surface area contributed by atoms with Crippen LogP contribution in [-0.4, -0.2) is 13.2 Å². The molecule has 0 N–H and O–H groups in total. The van der Waals surface area contributed by atoms with E-state index in [1.807, 2.05) is 18.2 Å². The fourth-order valence-corrected chi connectivity index (χ4v) is 2.29. The van der Waals surface area contributed by atoms with Gasteiger partial charge in [-0.1, -0.05) is 30.9 Å². The summed E-state index contributed by atoms with van der Waals surface area (Å²) in [6.07, 6.45) is 1.86. The number of hydrogen-bond acceptors (Lipinski definition) is 2. The standard InChI is InChI=1S/C17H16O2/c1-3-13-5-4-12(2)15(10-13)14-6-7-16-17(11-14)19-9-8-18-16/h3-7,10-11H,1,8-9H2,2H3. The molecule has 0 atom stereocenters. The SMILES string of the molecule is C=Cc1ccc(C)c(-c2ccc3c(c2)OCCO3)c1. The Morgan fingerprint density at radius 2 is 1.79 bits per heavy atom. The van der Waals surface area contributed by atoms with Crippen molar-refractivity contribution in [2.24, 2.45) is 0 Å². The van der Waals surface area contributed by atoms with Crippen LogP contribution in [0.2, 0.25) is 0 Å². The molecule has 0 aliphatic carbocycles. The van der Waals surface area contributed by atoms with Crippen molar-refractivity contribution in [3.63, 3.8) is 0 Å². The molecule has 96 valence electrons. The smallest absolute Gasteiger partial charge is 0.161 e. The van der Waals surface area contributed by atoms with Crippen molar-refractivity contribution in [1.82, 2.24) is 0 Å². The predicted molar refractivity (Wildman–Crippen MR) is 77.7 cm³/mol. The molecule has 0 bridgehead atoms. The first kappa shape index (κ1) is 11.8. The zero-order chi connectivity index (χ0) is 13.2. The Kier molecular flexibility index (Phi) is 3.00. The minimum Gasteiger partial charge on any atom is -0.486 e. The lowest BCUT2D eigenvalue weighted by Gasteiger charge is -2.19. The molecule has 0 radical (unpaired) electrons. The average molecular weight is 252 g/mol. The Labute approximate surface area is 113 Å². The second-order valence-corrected chi connectivity index (χ2v) is 4.64. The second kappa shape index (κ2) is 4.81. The summed E-state index contributed by atoms with van der Waals surface area (Å²) >= 11 is 0. The summed E-state index contributed by atoms with van der Waals surface area (Å²) in [4.78, 5) is 0. The van der Waals surface area contributed by atoms with Crippen LogP contribution in [0.4, 0.5) is 0 Å². The first-order valence-electron chi connectivity index (χ1n) is 6.41. The molecule has 0 saturated carbocycles.